The van der Waals surface area contributed by atoms with Crippen molar-refractivity contribution in [2.75, 3.05) is 0 Å². The van der Waals surface area contributed by atoms with E-state index in [1.807, 2.05) is 30.5 Å². The van der Waals surface area contributed by atoms with E-state index in [2.05, 4.69) is 145 Å². The molecule has 0 unspecified atom stereocenters. The molecule has 10 rings (SSSR count). The minimum atomic E-state index is -0.546. The largest absolute Gasteiger partial charge is 0.264 e. The highest BCUT2D eigenvalue weighted by Crippen LogP contribution is 2.61. The van der Waals surface area contributed by atoms with Crippen LogP contribution in [0.3, 0.4) is 0 Å². The fraction of sp³-hybridized carbons (Fsp3) is 0.0217. The van der Waals surface area contributed by atoms with Crippen molar-refractivity contribution in [2.45, 2.75) is 5.41 Å². The number of rotatable bonds is 3. The molecule has 0 saturated heterocycles. The molecule has 0 bridgehead atoms. The molecule has 49 heavy (non-hydrogen) atoms. The van der Waals surface area contributed by atoms with Crippen LogP contribution < -0.4 is 0 Å². The van der Waals surface area contributed by atoms with Crippen LogP contribution >= 0.6 is 0 Å². The van der Waals surface area contributed by atoms with E-state index in [1.54, 1.807) is 6.20 Å². The molecular weight excluding hydrogens is 595 g/mol. The van der Waals surface area contributed by atoms with Crippen LogP contribution in [-0.2, 0) is 5.41 Å². The van der Waals surface area contributed by atoms with Gasteiger partial charge in [0.05, 0.1) is 16.8 Å². The van der Waals surface area contributed by atoms with Crippen molar-refractivity contribution in [3.8, 4) is 67.3 Å². The average Bonchev–Trinajstić information content (AvgIpc) is 3.43. The van der Waals surface area contributed by atoms with E-state index in [-0.39, 0.29) is 0 Å². The predicted octanol–water partition coefficient (Wildman–Crippen LogP) is 10.9. The Balaban J connectivity index is 1.32. The summed E-state index contributed by atoms with van der Waals surface area (Å²) in [5.74, 6) is 0.689. The van der Waals surface area contributed by atoms with Gasteiger partial charge in [-0.25, -0.2) is 9.97 Å². The molecule has 0 fully saturated rings. The van der Waals surface area contributed by atoms with Gasteiger partial charge in [-0.2, -0.15) is 0 Å². The molecule has 0 radical (unpaired) electrons. The van der Waals surface area contributed by atoms with Gasteiger partial charge in [0.15, 0.2) is 5.82 Å². The van der Waals surface area contributed by atoms with Gasteiger partial charge in [-0.3, -0.25) is 4.98 Å². The van der Waals surface area contributed by atoms with Gasteiger partial charge in [0.1, 0.15) is 0 Å². The van der Waals surface area contributed by atoms with Gasteiger partial charge >= 0.3 is 0 Å². The quantitative estimate of drug-likeness (QED) is 0.197. The summed E-state index contributed by atoms with van der Waals surface area (Å²) in [5, 5.41) is 0. The second-order valence-electron chi connectivity index (χ2n) is 12.8. The maximum Gasteiger partial charge on any atom is 0.160 e. The van der Waals surface area contributed by atoms with Crippen molar-refractivity contribution in [1.82, 2.24) is 15.0 Å². The van der Waals surface area contributed by atoms with E-state index in [0.717, 1.165) is 28.1 Å². The van der Waals surface area contributed by atoms with E-state index in [9.17, 15) is 0 Å². The van der Waals surface area contributed by atoms with Gasteiger partial charge < -0.3 is 0 Å². The second-order valence-corrected chi connectivity index (χ2v) is 12.8. The summed E-state index contributed by atoms with van der Waals surface area (Å²) in [6.07, 6.45) is 3.66. The molecule has 3 heteroatoms. The van der Waals surface area contributed by atoms with E-state index in [1.165, 1.54) is 55.6 Å². The highest BCUT2D eigenvalue weighted by Gasteiger charge is 2.49. The number of fused-ring (bicyclic) bond motifs is 12. The monoisotopic (exact) mass is 623 g/mol. The average molecular weight is 624 g/mol. The van der Waals surface area contributed by atoms with Crippen LogP contribution in [0.15, 0.2) is 176 Å². The van der Waals surface area contributed by atoms with Crippen LogP contribution in [-0.4, -0.2) is 15.0 Å². The lowest BCUT2D eigenvalue weighted by Crippen LogP contribution is -2.29. The van der Waals surface area contributed by atoms with Crippen LogP contribution in [0.5, 0.6) is 0 Å². The van der Waals surface area contributed by atoms with Crippen molar-refractivity contribution in [2.24, 2.45) is 0 Å². The summed E-state index contributed by atoms with van der Waals surface area (Å²) in [6.45, 7) is 0. The van der Waals surface area contributed by atoms with Crippen molar-refractivity contribution in [3.05, 3.63) is 198 Å². The molecule has 0 amide bonds. The zero-order valence-electron chi connectivity index (χ0n) is 26.6. The van der Waals surface area contributed by atoms with Crippen LogP contribution in [0.25, 0.3) is 67.3 Å². The third kappa shape index (κ3) is 4.06. The normalized spacial score (nSPS) is 13.1. The molecule has 228 valence electrons. The first-order valence-corrected chi connectivity index (χ1v) is 16.7. The minimum absolute atomic E-state index is 0.546. The summed E-state index contributed by atoms with van der Waals surface area (Å²) in [5.41, 5.74) is 16.8. The first-order chi connectivity index (χ1) is 24.3. The zero-order valence-corrected chi connectivity index (χ0v) is 26.6. The number of hydrogen-bond acceptors (Lipinski definition) is 3. The Labute approximate surface area is 285 Å². The molecule has 3 nitrogen and oxygen atoms in total. The van der Waals surface area contributed by atoms with Gasteiger partial charge in [-0.15, -0.1) is 0 Å². The maximum atomic E-state index is 5.23. The maximum absolute atomic E-state index is 5.23. The Morgan fingerprint density at radius 3 is 1.43 bits per heavy atom. The molecule has 2 aliphatic carbocycles. The Morgan fingerprint density at radius 1 is 0.347 bits per heavy atom. The first kappa shape index (κ1) is 27.6. The molecule has 0 N–H and O–H groups in total. The summed E-state index contributed by atoms with van der Waals surface area (Å²) >= 11 is 0. The van der Waals surface area contributed by atoms with Crippen LogP contribution in [0, 0.1) is 0 Å². The number of benzene rings is 6. The van der Waals surface area contributed by atoms with E-state index in [4.69, 9.17) is 9.97 Å². The number of pyridine rings is 1. The number of aromatic nitrogens is 3. The molecule has 0 atom stereocenters. The third-order valence-electron chi connectivity index (χ3n) is 10.2. The molecule has 6 aromatic carbocycles. The van der Waals surface area contributed by atoms with Crippen molar-refractivity contribution >= 4 is 0 Å². The highest BCUT2D eigenvalue weighted by molar-refractivity contribution is 5.97. The van der Waals surface area contributed by atoms with Gasteiger partial charge in [-0.05, 0) is 79.9 Å². The Hall–Kier alpha value is -6.45. The smallest absolute Gasteiger partial charge is 0.160 e. The lowest BCUT2D eigenvalue weighted by atomic mass is 9.65. The topological polar surface area (TPSA) is 38.7 Å². The zero-order chi connectivity index (χ0) is 32.4. The summed E-state index contributed by atoms with van der Waals surface area (Å²) in [4.78, 5) is 14.7. The first-order valence-electron chi connectivity index (χ1n) is 16.7. The summed E-state index contributed by atoms with van der Waals surface area (Å²) in [7, 11) is 0. The molecule has 0 aliphatic heterocycles. The van der Waals surface area contributed by atoms with Gasteiger partial charge in [0.25, 0.3) is 0 Å². The summed E-state index contributed by atoms with van der Waals surface area (Å²) < 4.78 is 0. The Bertz CT molecular complexity index is 2450. The number of hydrogen-bond donors (Lipinski definition) is 0. The third-order valence-corrected chi connectivity index (χ3v) is 10.2. The number of nitrogens with zero attached hydrogens (tertiary/aromatic N) is 3. The lowest BCUT2D eigenvalue weighted by molar-refractivity contribution is 0.775. The van der Waals surface area contributed by atoms with Crippen molar-refractivity contribution in [3.63, 3.8) is 0 Å². The SMILES string of the molecule is c1ccc(-c2nc(-c3cccnc3)cc(-c3ccc4c(c3)C3(c5ccccc5-c5ccccc5-4)c4ccccc4-c4ccccc43)n2)cc1. The van der Waals surface area contributed by atoms with Crippen LogP contribution in [0.1, 0.15) is 22.3 Å². The Morgan fingerprint density at radius 2 is 0.837 bits per heavy atom. The van der Waals surface area contributed by atoms with E-state index < -0.39 is 5.41 Å². The fourth-order valence-electron chi connectivity index (χ4n) is 8.18. The van der Waals surface area contributed by atoms with Crippen molar-refractivity contribution in [1.29, 1.82) is 0 Å². The van der Waals surface area contributed by atoms with Crippen LogP contribution in [0.2, 0.25) is 0 Å². The standard InChI is InChI=1S/C46H29N3/c1-2-13-30(14-3-1)45-48-43(28-44(49-45)32-15-12-26-47-29-32)31-24-25-38-34-17-5-4-16-33(34)35-18-6-9-21-39(35)46(42(38)27-31)40-22-10-7-19-36(40)37-20-8-11-23-41(37)46/h1-29H. The van der Waals surface area contributed by atoms with Crippen molar-refractivity contribution < 1.29 is 0 Å². The highest BCUT2D eigenvalue weighted by atomic mass is 14.9. The fourth-order valence-corrected chi connectivity index (χ4v) is 8.18. The molecule has 2 heterocycles. The molecule has 0 saturated carbocycles. The molecular formula is C46H29N3. The van der Waals surface area contributed by atoms with Crippen LogP contribution in [0.4, 0.5) is 0 Å². The van der Waals surface area contributed by atoms with E-state index >= 15 is 0 Å². The predicted molar refractivity (Wildman–Crippen MR) is 198 cm³/mol. The van der Waals surface area contributed by atoms with Gasteiger partial charge in [0.2, 0.25) is 0 Å². The molecule has 8 aromatic rings. The second kappa shape index (κ2) is 10.8. The Kier molecular flexibility index (Phi) is 6.09. The minimum Gasteiger partial charge on any atom is -0.264 e. The molecule has 1 spiro atoms. The lowest BCUT2D eigenvalue weighted by Gasteiger charge is -2.35. The van der Waals surface area contributed by atoms with E-state index in [0.29, 0.717) is 5.82 Å². The van der Waals surface area contributed by atoms with Gasteiger partial charge in [-0.1, -0.05) is 140 Å². The summed E-state index contributed by atoms with van der Waals surface area (Å²) in [6, 6.07) is 59.1. The van der Waals surface area contributed by atoms with Gasteiger partial charge in [0, 0.05) is 29.1 Å². The molecule has 2 aromatic heterocycles. The molecule has 2 aliphatic rings.